The number of nitrogens with zero attached hydrogens (tertiary/aromatic N) is 8. The highest BCUT2D eigenvalue weighted by atomic mass is 32.2. The topological polar surface area (TPSA) is 70.4 Å². The van der Waals surface area contributed by atoms with Crippen LogP contribution in [0.5, 0.6) is 0 Å². The van der Waals surface area contributed by atoms with E-state index in [9.17, 15) is 4.79 Å². The summed E-state index contributed by atoms with van der Waals surface area (Å²) in [5.74, 6) is 3.87. The third kappa shape index (κ3) is 3.49. The number of amides is 1. The first-order valence-electron chi connectivity index (χ1n) is 11.3. The van der Waals surface area contributed by atoms with E-state index in [4.69, 9.17) is 0 Å². The third-order valence-corrected chi connectivity index (χ3v) is 7.74. The normalized spacial score (nSPS) is 24.9. The Kier molecular flexibility index (Phi) is 5.08. The molecule has 0 aliphatic carbocycles. The molecular weight excluding hydrogens is 436 g/mol. The fourth-order valence-corrected chi connectivity index (χ4v) is 6.07. The summed E-state index contributed by atoms with van der Waals surface area (Å²) in [4.78, 5) is 25.8. The van der Waals surface area contributed by atoms with Gasteiger partial charge in [-0.25, -0.2) is 9.97 Å². The van der Waals surface area contributed by atoms with E-state index >= 15 is 0 Å². The number of anilines is 1. The summed E-state index contributed by atoms with van der Waals surface area (Å²) in [7, 11) is 0. The highest BCUT2D eigenvalue weighted by Crippen LogP contribution is 2.38. The summed E-state index contributed by atoms with van der Waals surface area (Å²) in [5.41, 5.74) is 3.08. The van der Waals surface area contributed by atoms with Crippen molar-refractivity contribution in [1.82, 2.24) is 29.7 Å². The van der Waals surface area contributed by atoms with E-state index in [1.807, 2.05) is 34.3 Å². The SMILES string of the molecule is Cc1cc(N2CCN([N@@+]34C=CC=C3C=C(C(=O)N3CCSC3)C4)CC2)n(-c2ccncn2)n1. The standard InChI is InChI=1S/C23H27N8OS/c1-18-13-22(30(26-18)21-4-5-24-16-25-21)27-6-8-29(9-7-27)31-11-2-3-20(31)14-19(15-31)23(32)28-10-12-33-17-28/h2-5,11,13-14,16H,6-10,12,15,17H2,1H3/q+1/t31-/m1/s1. The van der Waals surface area contributed by atoms with Gasteiger partial charge in [-0.05, 0) is 13.0 Å². The molecule has 6 heterocycles. The molecule has 0 unspecified atom stereocenters. The van der Waals surface area contributed by atoms with Gasteiger partial charge in [0, 0.05) is 55.9 Å². The molecule has 0 aromatic carbocycles. The quantitative estimate of drug-likeness (QED) is 0.640. The predicted molar refractivity (Wildman–Crippen MR) is 127 cm³/mol. The lowest BCUT2D eigenvalue weighted by atomic mass is 10.2. The molecule has 2 fully saturated rings. The van der Waals surface area contributed by atoms with Crippen LogP contribution < -0.4 is 4.90 Å². The van der Waals surface area contributed by atoms with E-state index in [-0.39, 0.29) is 5.91 Å². The number of hydrogen-bond donors (Lipinski definition) is 0. The summed E-state index contributed by atoms with van der Waals surface area (Å²) in [6.07, 6.45) is 11.9. The molecule has 2 saturated heterocycles. The highest BCUT2D eigenvalue weighted by Gasteiger charge is 2.48. The first-order valence-corrected chi connectivity index (χ1v) is 12.5. The van der Waals surface area contributed by atoms with E-state index < -0.39 is 0 Å². The second-order valence-corrected chi connectivity index (χ2v) is 9.83. The molecule has 170 valence electrons. The fourth-order valence-electron chi connectivity index (χ4n) is 5.12. The number of piperazine rings is 1. The molecule has 0 N–H and O–H groups in total. The molecule has 4 aliphatic rings. The van der Waals surface area contributed by atoms with Crippen LogP contribution in [0.4, 0.5) is 5.82 Å². The average Bonchev–Trinajstić information content (AvgIpc) is 3.62. The Balaban J connectivity index is 1.18. The first kappa shape index (κ1) is 20.6. The molecule has 0 radical (unpaired) electrons. The minimum atomic E-state index is 0.198. The molecule has 33 heavy (non-hydrogen) atoms. The molecule has 9 nitrogen and oxygen atoms in total. The van der Waals surface area contributed by atoms with Crippen LogP contribution in [0.15, 0.2) is 60.4 Å². The summed E-state index contributed by atoms with van der Waals surface area (Å²) < 4.78 is 2.54. The van der Waals surface area contributed by atoms with Gasteiger partial charge in [0.25, 0.3) is 5.91 Å². The van der Waals surface area contributed by atoms with Crippen LogP contribution in [-0.4, -0.2) is 91.1 Å². The number of allylic oxidation sites excluding steroid dienone is 3. The maximum absolute atomic E-state index is 13.1. The zero-order chi connectivity index (χ0) is 22.4. The van der Waals surface area contributed by atoms with Gasteiger partial charge in [-0.1, -0.05) is 0 Å². The van der Waals surface area contributed by atoms with Crippen molar-refractivity contribution in [3.63, 3.8) is 0 Å². The fraction of sp³-hybridized carbons (Fsp3) is 0.391. The summed E-state index contributed by atoms with van der Waals surface area (Å²) in [5, 5.41) is 7.15. The van der Waals surface area contributed by atoms with Crippen LogP contribution in [0.3, 0.4) is 0 Å². The zero-order valence-corrected chi connectivity index (χ0v) is 19.5. The van der Waals surface area contributed by atoms with Crippen LogP contribution in [0.1, 0.15) is 5.69 Å². The van der Waals surface area contributed by atoms with Crippen molar-refractivity contribution >= 4 is 23.5 Å². The number of thioether (sulfide) groups is 1. The molecule has 0 spiro atoms. The van der Waals surface area contributed by atoms with Crippen LogP contribution in [0.2, 0.25) is 0 Å². The molecule has 10 heteroatoms. The predicted octanol–water partition coefficient (Wildman–Crippen LogP) is 1.71. The number of fused-ring (bicyclic) bond motifs is 1. The van der Waals surface area contributed by atoms with E-state index in [0.29, 0.717) is 11.1 Å². The lowest BCUT2D eigenvalue weighted by Gasteiger charge is -2.44. The van der Waals surface area contributed by atoms with Crippen molar-refractivity contribution in [1.29, 1.82) is 0 Å². The van der Waals surface area contributed by atoms with Gasteiger partial charge < -0.3 is 9.80 Å². The van der Waals surface area contributed by atoms with Gasteiger partial charge in [-0.2, -0.15) is 14.4 Å². The molecule has 1 atom stereocenters. The van der Waals surface area contributed by atoms with Crippen LogP contribution in [0.25, 0.3) is 5.82 Å². The van der Waals surface area contributed by atoms with Gasteiger partial charge in [-0.15, -0.1) is 16.8 Å². The molecule has 1 amide bonds. The Morgan fingerprint density at radius 1 is 1.18 bits per heavy atom. The van der Waals surface area contributed by atoms with Gasteiger partial charge in [-0.3, -0.25) is 4.79 Å². The number of rotatable bonds is 4. The minimum absolute atomic E-state index is 0.198. The van der Waals surface area contributed by atoms with Crippen molar-refractivity contribution < 1.29 is 9.39 Å². The first-order chi connectivity index (χ1) is 16.1. The highest BCUT2D eigenvalue weighted by molar-refractivity contribution is 7.99. The van der Waals surface area contributed by atoms with Crippen LogP contribution in [-0.2, 0) is 4.79 Å². The zero-order valence-electron chi connectivity index (χ0n) is 18.7. The smallest absolute Gasteiger partial charge is 0.256 e. The summed E-state index contributed by atoms with van der Waals surface area (Å²) in [6, 6.07) is 4.00. The van der Waals surface area contributed by atoms with Gasteiger partial charge in [0.15, 0.2) is 11.5 Å². The summed E-state index contributed by atoms with van der Waals surface area (Å²) in [6.45, 7) is 7.12. The number of aryl methyl sites for hydroxylation is 1. The number of hydrogen-bond acceptors (Lipinski definition) is 7. The third-order valence-electron chi connectivity index (χ3n) is 6.78. The Morgan fingerprint density at radius 3 is 2.82 bits per heavy atom. The molecule has 2 aromatic heterocycles. The van der Waals surface area contributed by atoms with Gasteiger partial charge in [0.05, 0.1) is 30.2 Å². The number of quaternary nitrogens is 1. The van der Waals surface area contributed by atoms with Gasteiger partial charge in [0.1, 0.15) is 24.9 Å². The Morgan fingerprint density at radius 2 is 2.06 bits per heavy atom. The molecule has 6 rings (SSSR count). The molecule has 4 aliphatic heterocycles. The monoisotopic (exact) mass is 463 g/mol. The van der Waals surface area contributed by atoms with Crippen molar-refractivity contribution in [3.8, 4) is 5.82 Å². The maximum atomic E-state index is 13.1. The summed E-state index contributed by atoms with van der Waals surface area (Å²) >= 11 is 1.83. The van der Waals surface area contributed by atoms with Crippen molar-refractivity contribution in [3.05, 3.63) is 66.0 Å². The average molecular weight is 464 g/mol. The maximum Gasteiger partial charge on any atom is 0.256 e. The largest absolute Gasteiger partial charge is 0.353 e. The van der Waals surface area contributed by atoms with Crippen LogP contribution >= 0.6 is 11.8 Å². The minimum Gasteiger partial charge on any atom is -0.353 e. The second kappa shape index (κ2) is 8.12. The van der Waals surface area contributed by atoms with Crippen molar-refractivity contribution in [2.45, 2.75) is 6.92 Å². The molecular formula is C23H27N8OS+. The lowest BCUT2D eigenvalue weighted by molar-refractivity contribution is -0.948. The Hall–Kier alpha value is -2.95. The van der Waals surface area contributed by atoms with E-state index in [2.05, 4.69) is 55.5 Å². The lowest BCUT2D eigenvalue weighted by Crippen LogP contribution is -2.60. The van der Waals surface area contributed by atoms with E-state index in [1.54, 1.807) is 12.5 Å². The number of aromatic nitrogens is 4. The molecule has 2 aromatic rings. The molecule has 0 bridgehead atoms. The van der Waals surface area contributed by atoms with Gasteiger partial charge in [0.2, 0.25) is 0 Å². The van der Waals surface area contributed by atoms with Crippen LogP contribution in [0, 0.1) is 6.92 Å². The number of carbonyl (C=O) groups excluding carboxylic acids is 1. The molecule has 0 saturated carbocycles. The van der Waals surface area contributed by atoms with Crippen molar-refractivity contribution in [2.75, 3.05) is 55.8 Å². The van der Waals surface area contributed by atoms with Gasteiger partial charge >= 0.3 is 0 Å². The van der Waals surface area contributed by atoms with E-state index in [1.165, 1.54) is 5.70 Å². The second-order valence-electron chi connectivity index (χ2n) is 8.76. The van der Waals surface area contributed by atoms with E-state index in [0.717, 1.165) is 67.3 Å². The Labute approximate surface area is 197 Å². The number of carbonyl (C=O) groups is 1. The Bertz CT molecular complexity index is 1160. The van der Waals surface area contributed by atoms with Crippen molar-refractivity contribution in [2.24, 2.45) is 0 Å².